The molecule has 1 aliphatic heterocycles. The number of rotatable bonds is 14. The summed E-state index contributed by atoms with van der Waals surface area (Å²) >= 11 is 0. The first-order valence-electron chi connectivity index (χ1n) is 15.3. The molecule has 232 valence electrons. The smallest absolute Gasteiger partial charge is 0.390 e. The molecule has 2 aliphatic rings. The lowest BCUT2D eigenvalue weighted by atomic mass is 9.89. The highest BCUT2D eigenvalue weighted by atomic mass is 32.2. The zero-order valence-corrected chi connectivity index (χ0v) is 25.1. The van der Waals surface area contributed by atoms with Crippen LogP contribution in [0.4, 0.5) is 17.6 Å². The number of benzene rings is 2. The molecule has 4 nitrogen and oxygen atoms in total. The molecule has 2 aromatic carbocycles. The SMILES string of the molecule is O=S(=O)(CCC[C@H]1CCCN1CCCCCCC1=C(c2cccc(F)c2)CCCc2cc(O)ccc21)CCC(F)(F)F. The maximum atomic E-state index is 14.1. The molecule has 0 amide bonds. The molecule has 42 heavy (non-hydrogen) atoms. The van der Waals surface area contributed by atoms with Crippen molar-refractivity contribution in [2.75, 3.05) is 24.6 Å². The van der Waals surface area contributed by atoms with Crippen LogP contribution in [0.25, 0.3) is 11.1 Å². The first-order chi connectivity index (χ1) is 20.0. The van der Waals surface area contributed by atoms with E-state index in [0.29, 0.717) is 18.9 Å². The molecular weight excluding hydrogens is 566 g/mol. The van der Waals surface area contributed by atoms with E-state index in [4.69, 9.17) is 0 Å². The topological polar surface area (TPSA) is 57.6 Å². The van der Waals surface area contributed by atoms with E-state index in [0.717, 1.165) is 94.0 Å². The van der Waals surface area contributed by atoms with Gasteiger partial charge in [0.05, 0.1) is 17.9 Å². The van der Waals surface area contributed by atoms with Gasteiger partial charge in [-0.15, -0.1) is 0 Å². The van der Waals surface area contributed by atoms with Gasteiger partial charge in [0.2, 0.25) is 0 Å². The van der Waals surface area contributed by atoms with Crippen LogP contribution in [0.5, 0.6) is 5.75 Å². The Hall–Kier alpha value is -2.39. The molecule has 0 aromatic heterocycles. The highest BCUT2D eigenvalue weighted by molar-refractivity contribution is 7.91. The number of nitrogens with zero attached hydrogens (tertiary/aromatic N) is 1. The lowest BCUT2D eigenvalue weighted by Crippen LogP contribution is -2.31. The van der Waals surface area contributed by atoms with Crippen LogP contribution in [0.2, 0.25) is 0 Å². The Kier molecular flexibility index (Phi) is 11.5. The maximum absolute atomic E-state index is 14.1. The molecule has 1 fully saturated rings. The van der Waals surface area contributed by atoms with Gasteiger partial charge in [-0.1, -0.05) is 31.0 Å². The third-order valence-corrected chi connectivity index (χ3v) is 10.4. The lowest BCUT2D eigenvalue weighted by Gasteiger charge is -2.24. The minimum Gasteiger partial charge on any atom is -0.508 e. The molecule has 1 atom stereocenters. The average molecular weight is 610 g/mol. The van der Waals surface area contributed by atoms with Crippen LogP contribution >= 0.6 is 0 Å². The van der Waals surface area contributed by atoms with Gasteiger partial charge in [0.25, 0.3) is 0 Å². The molecule has 0 spiro atoms. The van der Waals surface area contributed by atoms with Crippen LogP contribution in [-0.2, 0) is 16.3 Å². The van der Waals surface area contributed by atoms with E-state index < -0.39 is 28.2 Å². The summed E-state index contributed by atoms with van der Waals surface area (Å²) in [4.78, 5) is 2.42. The minimum atomic E-state index is -4.44. The largest absolute Gasteiger partial charge is 0.508 e. The summed E-state index contributed by atoms with van der Waals surface area (Å²) in [5, 5.41) is 10.1. The summed E-state index contributed by atoms with van der Waals surface area (Å²) in [6.45, 7) is 1.93. The Morgan fingerprint density at radius 3 is 2.52 bits per heavy atom. The molecule has 1 aliphatic carbocycles. The Morgan fingerprint density at radius 1 is 0.929 bits per heavy atom. The first-order valence-corrected chi connectivity index (χ1v) is 17.1. The predicted molar refractivity (Wildman–Crippen MR) is 160 cm³/mol. The second-order valence-corrected chi connectivity index (χ2v) is 14.1. The monoisotopic (exact) mass is 609 g/mol. The zero-order chi connectivity index (χ0) is 30.2. The van der Waals surface area contributed by atoms with E-state index in [1.165, 1.54) is 17.2 Å². The normalized spacial score (nSPS) is 18.3. The van der Waals surface area contributed by atoms with E-state index in [-0.39, 0.29) is 17.3 Å². The Morgan fingerprint density at radius 2 is 1.74 bits per heavy atom. The van der Waals surface area contributed by atoms with Crippen LogP contribution in [0.3, 0.4) is 0 Å². The van der Waals surface area contributed by atoms with Gasteiger partial charge in [0.1, 0.15) is 11.6 Å². The molecule has 1 heterocycles. The summed E-state index contributed by atoms with van der Waals surface area (Å²) in [5.41, 5.74) is 5.67. The number of aryl methyl sites for hydroxylation is 1. The number of hydrogen-bond donors (Lipinski definition) is 1. The molecule has 0 unspecified atom stereocenters. The second kappa shape index (κ2) is 14.9. The van der Waals surface area contributed by atoms with Crippen molar-refractivity contribution in [3.8, 4) is 5.75 Å². The Bertz CT molecular complexity index is 1320. The number of phenolic OH excluding ortho intramolecular Hbond substituents is 1. The van der Waals surface area contributed by atoms with Gasteiger partial charge in [-0.25, -0.2) is 12.8 Å². The second-order valence-electron chi connectivity index (χ2n) is 11.8. The van der Waals surface area contributed by atoms with Gasteiger partial charge in [0.15, 0.2) is 9.84 Å². The molecular formula is C33H43F4NO3S. The third kappa shape index (κ3) is 9.83. The van der Waals surface area contributed by atoms with Crippen LogP contribution < -0.4 is 0 Å². The van der Waals surface area contributed by atoms with Crippen molar-refractivity contribution in [2.45, 2.75) is 95.7 Å². The summed E-state index contributed by atoms with van der Waals surface area (Å²) in [7, 11) is -3.68. The van der Waals surface area contributed by atoms with Gasteiger partial charge >= 0.3 is 6.18 Å². The molecule has 1 saturated heterocycles. The minimum absolute atomic E-state index is 0.177. The lowest BCUT2D eigenvalue weighted by molar-refractivity contribution is -0.129. The average Bonchev–Trinajstić information content (AvgIpc) is 3.29. The number of aromatic hydroxyl groups is 1. The number of unbranched alkanes of at least 4 members (excludes halogenated alkanes) is 3. The fraction of sp³-hybridized carbons (Fsp3) is 0.576. The van der Waals surface area contributed by atoms with Crippen LogP contribution in [0, 0.1) is 5.82 Å². The fourth-order valence-corrected chi connectivity index (χ4v) is 7.88. The molecule has 4 rings (SSSR count). The number of halogens is 4. The van der Waals surface area contributed by atoms with E-state index >= 15 is 0 Å². The van der Waals surface area contributed by atoms with Crippen LogP contribution in [-0.4, -0.2) is 55.2 Å². The Balaban J connectivity index is 1.26. The third-order valence-electron chi connectivity index (χ3n) is 8.63. The fourth-order valence-electron chi connectivity index (χ4n) is 6.53. The van der Waals surface area contributed by atoms with E-state index in [9.17, 15) is 31.1 Å². The number of phenols is 1. The molecule has 2 aromatic rings. The molecule has 9 heteroatoms. The van der Waals surface area contributed by atoms with E-state index in [2.05, 4.69) is 4.90 Å². The number of alkyl halides is 3. The van der Waals surface area contributed by atoms with Gasteiger partial charge in [-0.3, -0.25) is 0 Å². The number of likely N-dealkylation sites (tertiary alicyclic amines) is 1. The van der Waals surface area contributed by atoms with Crippen molar-refractivity contribution in [1.82, 2.24) is 4.90 Å². The van der Waals surface area contributed by atoms with Gasteiger partial charge in [-0.2, -0.15) is 13.2 Å². The highest BCUT2D eigenvalue weighted by Gasteiger charge is 2.30. The standard InChI is InChI=1S/C33H43F4NO3S/c34-27-11-5-9-25(23-27)30-15-6-10-26-24-29(39)16-17-31(26)32(30)14-3-1-2-4-19-38-20-7-12-28(38)13-8-21-42(40,41)22-18-33(35,36)37/h5,9,11,16-17,23-24,28,39H,1-4,6-8,10,12-15,18-22H2/t28-/m1/s1. The summed E-state index contributed by atoms with van der Waals surface area (Å²) in [5.74, 6) is -0.966. The van der Waals surface area contributed by atoms with E-state index in [1.54, 1.807) is 18.2 Å². The molecule has 1 N–H and O–H groups in total. The van der Waals surface area contributed by atoms with E-state index in [1.807, 2.05) is 18.2 Å². The first kappa shape index (κ1) is 32.5. The van der Waals surface area contributed by atoms with Crippen molar-refractivity contribution in [3.05, 3.63) is 65.0 Å². The molecule has 0 radical (unpaired) electrons. The summed E-state index contributed by atoms with van der Waals surface area (Å²) in [6, 6.07) is 12.7. The Labute approximate surface area is 247 Å². The number of fused-ring (bicyclic) bond motifs is 1. The van der Waals surface area contributed by atoms with Crippen molar-refractivity contribution in [1.29, 1.82) is 0 Å². The van der Waals surface area contributed by atoms with Crippen LogP contribution in [0.1, 0.15) is 93.7 Å². The van der Waals surface area contributed by atoms with Crippen LogP contribution in [0.15, 0.2) is 42.5 Å². The van der Waals surface area contributed by atoms with Gasteiger partial charge in [0, 0.05) is 6.04 Å². The predicted octanol–water partition coefficient (Wildman–Crippen LogP) is 8.34. The molecule has 0 saturated carbocycles. The van der Waals surface area contributed by atoms with Gasteiger partial charge < -0.3 is 10.0 Å². The van der Waals surface area contributed by atoms with Gasteiger partial charge in [-0.05, 0) is 129 Å². The number of sulfone groups is 1. The number of allylic oxidation sites excluding steroid dienone is 2. The zero-order valence-electron chi connectivity index (χ0n) is 24.3. The van der Waals surface area contributed by atoms with Crippen molar-refractivity contribution >= 4 is 21.0 Å². The number of hydrogen-bond acceptors (Lipinski definition) is 4. The molecule has 0 bridgehead atoms. The highest BCUT2D eigenvalue weighted by Crippen LogP contribution is 2.40. The summed E-state index contributed by atoms with van der Waals surface area (Å²) < 4.78 is 75.3. The maximum Gasteiger partial charge on any atom is 0.390 e. The summed E-state index contributed by atoms with van der Waals surface area (Å²) in [6.07, 6.45) is 5.23. The van der Waals surface area contributed by atoms with Crippen molar-refractivity contribution in [2.24, 2.45) is 0 Å². The van der Waals surface area contributed by atoms with Crippen molar-refractivity contribution in [3.63, 3.8) is 0 Å². The van der Waals surface area contributed by atoms with Crippen molar-refractivity contribution < 1.29 is 31.1 Å². The quantitative estimate of drug-likeness (QED) is 0.173.